The van der Waals surface area contributed by atoms with E-state index in [9.17, 15) is 4.79 Å². The maximum Gasteiger partial charge on any atom is 0.157 e. The maximum atomic E-state index is 12.0. The van der Waals surface area contributed by atoms with Crippen LogP contribution in [0.1, 0.15) is 29.5 Å². The van der Waals surface area contributed by atoms with Crippen molar-refractivity contribution in [2.45, 2.75) is 37.5 Å². The summed E-state index contributed by atoms with van der Waals surface area (Å²) in [4.78, 5) is 14.5. The van der Waals surface area contributed by atoms with E-state index in [-0.39, 0.29) is 11.2 Å². The number of allylic oxidation sites excluding steroid dienone is 1. The first kappa shape index (κ1) is 14.9. The topological polar surface area (TPSA) is 29.5 Å². The maximum absolute atomic E-state index is 12.0. The molecule has 5 rings (SSSR count). The van der Waals surface area contributed by atoms with Crippen molar-refractivity contribution >= 4 is 5.78 Å². The minimum absolute atomic E-state index is 0.0607. The minimum atomic E-state index is -0.0607. The average Bonchev–Trinajstić information content (AvgIpc) is 2.90. The van der Waals surface area contributed by atoms with Crippen molar-refractivity contribution in [3.05, 3.63) is 77.4 Å². The Balaban J connectivity index is 1.56. The Morgan fingerprint density at radius 1 is 1.12 bits per heavy atom. The standard InChI is InChI=1S/C22H21NO2/c24-18-9-10-22-11-12-23(20(22)13-18)14-17-7-4-8-19(21(17)22)25-15-16-5-2-1-3-6-16/h1-10,20H,11-15H2/t20-,22+/m0/s1. The summed E-state index contributed by atoms with van der Waals surface area (Å²) in [6.07, 6.45) is 5.66. The number of hydrogen-bond donors (Lipinski definition) is 0. The van der Waals surface area contributed by atoms with Gasteiger partial charge in [-0.3, -0.25) is 9.69 Å². The molecular weight excluding hydrogens is 310 g/mol. The lowest BCUT2D eigenvalue weighted by molar-refractivity contribution is -0.116. The molecule has 1 fully saturated rings. The van der Waals surface area contributed by atoms with Crippen LogP contribution in [-0.2, 0) is 23.4 Å². The van der Waals surface area contributed by atoms with Crippen LogP contribution in [0, 0.1) is 0 Å². The molecule has 0 spiro atoms. The molecule has 0 amide bonds. The molecule has 1 unspecified atom stereocenters. The number of carbonyl (C=O) groups excluding carboxylic acids is 1. The Hall–Kier alpha value is -2.39. The molecule has 0 aromatic heterocycles. The Kier molecular flexibility index (Phi) is 3.32. The zero-order chi connectivity index (χ0) is 16.9. The molecule has 3 nitrogen and oxygen atoms in total. The van der Waals surface area contributed by atoms with Gasteiger partial charge in [-0.15, -0.1) is 0 Å². The first-order chi connectivity index (χ1) is 12.3. The van der Waals surface area contributed by atoms with E-state index >= 15 is 0 Å². The number of hydrogen-bond acceptors (Lipinski definition) is 3. The second kappa shape index (κ2) is 5.57. The summed E-state index contributed by atoms with van der Waals surface area (Å²) in [6.45, 7) is 2.55. The molecule has 2 bridgehead atoms. The zero-order valence-corrected chi connectivity index (χ0v) is 14.2. The van der Waals surface area contributed by atoms with Gasteiger partial charge in [-0.25, -0.2) is 0 Å². The highest BCUT2D eigenvalue weighted by Gasteiger charge is 2.54. The highest BCUT2D eigenvalue weighted by Crippen LogP contribution is 2.53. The second-order valence-electron chi connectivity index (χ2n) is 7.34. The van der Waals surface area contributed by atoms with E-state index in [1.165, 1.54) is 16.7 Å². The molecule has 3 heteroatoms. The fraction of sp³-hybridized carbons (Fsp3) is 0.318. The molecule has 2 aliphatic heterocycles. The van der Waals surface area contributed by atoms with Gasteiger partial charge in [0, 0.05) is 36.5 Å². The molecule has 0 radical (unpaired) electrons. The van der Waals surface area contributed by atoms with Gasteiger partial charge in [-0.1, -0.05) is 48.5 Å². The number of ketones is 1. The molecule has 0 N–H and O–H groups in total. The van der Waals surface area contributed by atoms with Gasteiger partial charge < -0.3 is 4.74 Å². The lowest BCUT2D eigenvalue weighted by Crippen LogP contribution is -2.48. The van der Waals surface area contributed by atoms with Crippen molar-refractivity contribution in [3.63, 3.8) is 0 Å². The Bertz CT molecular complexity index is 858. The van der Waals surface area contributed by atoms with Gasteiger partial charge in [0.1, 0.15) is 12.4 Å². The van der Waals surface area contributed by atoms with Crippen LogP contribution in [0.25, 0.3) is 0 Å². The summed E-state index contributed by atoms with van der Waals surface area (Å²) in [6, 6.07) is 17.0. The molecule has 3 aliphatic rings. The summed E-state index contributed by atoms with van der Waals surface area (Å²) >= 11 is 0. The van der Waals surface area contributed by atoms with E-state index in [1.54, 1.807) is 6.08 Å². The van der Waals surface area contributed by atoms with Crippen LogP contribution in [0.15, 0.2) is 60.7 Å². The van der Waals surface area contributed by atoms with Gasteiger partial charge in [-0.2, -0.15) is 0 Å². The molecule has 1 saturated heterocycles. The van der Waals surface area contributed by atoms with Crippen LogP contribution >= 0.6 is 0 Å². The zero-order valence-electron chi connectivity index (χ0n) is 14.2. The number of ether oxygens (including phenoxy) is 1. The Morgan fingerprint density at radius 3 is 2.88 bits per heavy atom. The van der Waals surface area contributed by atoms with Crippen molar-refractivity contribution < 1.29 is 9.53 Å². The van der Waals surface area contributed by atoms with E-state index in [2.05, 4.69) is 41.3 Å². The van der Waals surface area contributed by atoms with Gasteiger partial charge in [-0.05, 0) is 29.7 Å². The molecule has 2 heterocycles. The SMILES string of the molecule is O=C1C=C[C@]23CCN(Cc4cccc(OCc5ccccc5)c42)[C@H]3C1. The van der Waals surface area contributed by atoms with Gasteiger partial charge in [0.15, 0.2) is 5.78 Å². The van der Waals surface area contributed by atoms with Crippen molar-refractivity contribution in [3.8, 4) is 5.75 Å². The summed E-state index contributed by atoms with van der Waals surface area (Å²) in [5.41, 5.74) is 3.77. The summed E-state index contributed by atoms with van der Waals surface area (Å²) in [5, 5.41) is 0. The third-order valence-corrected chi connectivity index (χ3v) is 6.00. The van der Waals surface area contributed by atoms with Crippen LogP contribution in [0.5, 0.6) is 5.75 Å². The van der Waals surface area contributed by atoms with E-state index < -0.39 is 0 Å². The van der Waals surface area contributed by atoms with Crippen molar-refractivity contribution in [2.75, 3.05) is 6.54 Å². The summed E-state index contributed by atoms with van der Waals surface area (Å²) < 4.78 is 6.27. The first-order valence-corrected chi connectivity index (χ1v) is 9.01. The number of rotatable bonds is 3. The van der Waals surface area contributed by atoms with E-state index in [0.29, 0.717) is 19.1 Å². The molecule has 3 atom stereocenters. The third kappa shape index (κ3) is 2.26. The smallest absolute Gasteiger partial charge is 0.157 e. The van der Waals surface area contributed by atoms with Gasteiger partial charge in [0.2, 0.25) is 0 Å². The molecule has 0 saturated carbocycles. The minimum Gasteiger partial charge on any atom is -0.489 e. The fourth-order valence-electron chi connectivity index (χ4n) is 4.86. The fourth-order valence-corrected chi connectivity index (χ4v) is 4.86. The lowest BCUT2D eigenvalue weighted by atomic mass is 9.66. The number of fused-ring (bicyclic) bond motifs is 1. The van der Waals surface area contributed by atoms with Crippen molar-refractivity contribution in [1.29, 1.82) is 0 Å². The van der Waals surface area contributed by atoms with Gasteiger partial charge >= 0.3 is 0 Å². The predicted molar refractivity (Wildman–Crippen MR) is 96.5 cm³/mol. The number of benzene rings is 2. The quantitative estimate of drug-likeness (QED) is 0.860. The van der Waals surface area contributed by atoms with Crippen LogP contribution in [-0.4, -0.2) is 23.3 Å². The third-order valence-electron chi connectivity index (χ3n) is 6.00. The predicted octanol–water partition coefficient (Wildman–Crippen LogP) is 3.62. The normalized spacial score (nSPS) is 29.2. The van der Waals surface area contributed by atoms with Crippen LogP contribution < -0.4 is 4.74 Å². The lowest BCUT2D eigenvalue weighted by Gasteiger charge is -2.44. The van der Waals surface area contributed by atoms with E-state index in [4.69, 9.17) is 4.74 Å². The molecule has 2 aromatic rings. The van der Waals surface area contributed by atoms with Crippen LogP contribution in [0.2, 0.25) is 0 Å². The molecule has 1 aliphatic carbocycles. The molecular formula is C22H21NO2. The van der Waals surface area contributed by atoms with Gasteiger partial charge in [0.25, 0.3) is 0 Å². The average molecular weight is 331 g/mol. The van der Waals surface area contributed by atoms with Crippen LogP contribution in [0.3, 0.4) is 0 Å². The van der Waals surface area contributed by atoms with Crippen LogP contribution in [0.4, 0.5) is 0 Å². The second-order valence-corrected chi connectivity index (χ2v) is 7.34. The molecule has 2 aromatic carbocycles. The van der Waals surface area contributed by atoms with E-state index in [0.717, 1.165) is 25.3 Å². The number of carbonyl (C=O) groups is 1. The number of nitrogens with zero attached hydrogens (tertiary/aromatic N) is 1. The van der Waals surface area contributed by atoms with Crippen molar-refractivity contribution in [1.82, 2.24) is 4.90 Å². The Labute approximate surface area is 147 Å². The first-order valence-electron chi connectivity index (χ1n) is 9.01. The largest absolute Gasteiger partial charge is 0.489 e. The highest BCUT2D eigenvalue weighted by atomic mass is 16.5. The Morgan fingerprint density at radius 2 is 2.00 bits per heavy atom. The van der Waals surface area contributed by atoms with Gasteiger partial charge in [0.05, 0.1) is 0 Å². The monoisotopic (exact) mass is 331 g/mol. The highest BCUT2D eigenvalue weighted by molar-refractivity contribution is 5.92. The molecule has 25 heavy (non-hydrogen) atoms. The van der Waals surface area contributed by atoms with Crippen molar-refractivity contribution in [2.24, 2.45) is 0 Å². The summed E-state index contributed by atoms with van der Waals surface area (Å²) in [5.74, 6) is 1.23. The molecule has 126 valence electrons. The summed E-state index contributed by atoms with van der Waals surface area (Å²) in [7, 11) is 0. The van der Waals surface area contributed by atoms with E-state index in [1.807, 2.05) is 18.2 Å².